The largest absolute Gasteiger partial charge is 0.481 e. The maximum atomic E-state index is 13.0. The van der Waals surface area contributed by atoms with Gasteiger partial charge in [0.1, 0.15) is 5.75 Å². The number of halogens is 1. The number of hydrogen-bond acceptors (Lipinski definition) is 6. The van der Waals surface area contributed by atoms with Crippen LogP contribution in [-0.4, -0.2) is 33.0 Å². The van der Waals surface area contributed by atoms with Gasteiger partial charge in [0.2, 0.25) is 0 Å². The number of sulfonamides is 1. The molecular weight excluding hydrogens is 446 g/mol. The van der Waals surface area contributed by atoms with Gasteiger partial charge in [-0.3, -0.25) is 19.4 Å². The Bertz CT molecular complexity index is 1180. The number of amides is 1. The van der Waals surface area contributed by atoms with Gasteiger partial charge in [-0.1, -0.05) is 36.4 Å². The SMILES string of the molecule is CCC1=C(NS(=O)(=O)c2ccc3c(c2)OCC(=O)N3c2cccc(Cl)c2)SC=NC1. The Kier molecular flexibility index (Phi) is 5.77. The zero-order chi connectivity index (χ0) is 21.3. The van der Waals surface area contributed by atoms with Gasteiger partial charge in [-0.15, -0.1) is 0 Å². The Morgan fingerprint density at radius 3 is 2.87 bits per heavy atom. The molecule has 0 radical (unpaired) electrons. The van der Waals surface area contributed by atoms with Crippen molar-refractivity contribution in [2.75, 3.05) is 18.1 Å². The molecule has 30 heavy (non-hydrogen) atoms. The summed E-state index contributed by atoms with van der Waals surface area (Å²) in [6, 6.07) is 11.3. The fourth-order valence-corrected chi connectivity index (χ4v) is 5.49. The highest BCUT2D eigenvalue weighted by Gasteiger charge is 2.29. The highest BCUT2D eigenvalue weighted by atomic mass is 35.5. The molecule has 0 saturated carbocycles. The molecule has 1 amide bonds. The molecule has 7 nitrogen and oxygen atoms in total. The molecule has 2 aliphatic rings. The summed E-state index contributed by atoms with van der Waals surface area (Å²) in [5, 5.41) is 1.06. The quantitative estimate of drug-likeness (QED) is 0.722. The molecule has 0 saturated heterocycles. The van der Waals surface area contributed by atoms with Crippen LogP contribution in [0.2, 0.25) is 5.02 Å². The van der Waals surface area contributed by atoms with Crippen LogP contribution in [-0.2, 0) is 14.8 Å². The Morgan fingerprint density at radius 1 is 1.27 bits per heavy atom. The van der Waals surface area contributed by atoms with Gasteiger partial charge < -0.3 is 4.74 Å². The third-order valence-electron chi connectivity index (χ3n) is 4.65. The fraction of sp³-hybridized carbons (Fsp3) is 0.200. The van der Waals surface area contributed by atoms with Gasteiger partial charge in [0.05, 0.1) is 33.4 Å². The maximum absolute atomic E-state index is 13.0. The lowest BCUT2D eigenvalue weighted by atomic mass is 10.2. The Hall–Kier alpha value is -2.49. The topological polar surface area (TPSA) is 88.1 Å². The van der Waals surface area contributed by atoms with E-state index in [-0.39, 0.29) is 17.4 Å². The van der Waals surface area contributed by atoms with Crippen molar-refractivity contribution < 1.29 is 17.9 Å². The molecule has 2 aliphatic heterocycles. The van der Waals surface area contributed by atoms with Crippen LogP contribution >= 0.6 is 23.4 Å². The average Bonchev–Trinajstić information content (AvgIpc) is 2.73. The molecule has 0 bridgehead atoms. The number of anilines is 2. The molecule has 0 spiro atoms. The Morgan fingerprint density at radius 2 is 2.10 bits per heavy atom. The number of aliphatic imine (C=N–C) groups is 1. The second-order valence-electron chi connectivity index (χ2n) is 6.58. The monoisotopic (exact) mass is 463 g/mol. The summed E-state index contributed by atoms with van der Waals surface area (Å²) in [7, 11) is -3.83. The van der Waals surface area contributed by atoms with Crippen molar-refractivity contribution in [3.63, 3.8) is 0 Å². The van der Waals surface area contributed by atoms with E-state index in [1.807, 2.05) is 6.92 Å². The number of carbonyl (C=O) groups is 1. The first-order chi connectivity index (χ1) is 14.4. The smallest absolute Gasteiger partial charge is 0.269 e. The summed E-state index contributed by atoms with van der Waals surface area (Å²) in [6.07, 6.45) is 0.701. The van der Waals surface area contributed by atoms with Crippen molar-refractivity contribution >= 4 is 56.2 Å². The van der Waals surface area contributed by atoms with Gasteiger partial charge in [0.25, 0.3) is 15.9 Å². The van der Waals surface area contributed by atoms with Gasteiger partial charge in [-0.05, 0) is 42.3 Å². The first-order valence-corrected chi connectivity index (χ1v) is 11.9. The zero-order valence-electron chi connectivity index (χ0n) is 16.0. The number of benzene rings is 2. The normalized spacial score (nSPS) is 16.3. The van der Waals surface area contributed by atoms with Crippen LogP contribution in [0.3, 0.4) is 0 Å². The summed E-state index contributed by atoms with van der Waals surface area (Å²) >= 11 is 7.31. The van der Waals surface area contributed by atoms with Crippen molar-refractivity contribution in [2.24, 2.45) is 4.99 Å². The lowest BCUT2D eigenvalue weighted by Gasteiger charge is -2.30. The minimum Gasteiger partial charge on any atom is -0.481 e. The lowest BCUT2D eigenvalue weighted by Crippen LogP contribution is -2.35. The van der Waals surface area contributed by atoms with Gasteiger partial charge in [0, 0.05) is 11.1 Å². The molecule has 1 N–H and O–H groups in total. The molecule has 156 valence electrons. The van der Waals surface area contributed by atoms with Crippen LogP contribution in [0.25, 0.3) is 0 Å². The molecule has 0 unspecified atom stereocenters. The van der Waals surface area contributed by atoms with E-state index < -0.39 is 10.0 Å². The molecule has 2 aromatic carbocycles. The predicted octanol–water partition coefficient (Wildman–Crippen LogP) is 4.07. The summed E-state index contributed by atoms with van der Waals surface area (Å²) in [6.45, 7) is 2.23. The molecule has 2 heterocycles. The van der Waals surface area contributed by atoms with Gasteiger partial charge in [0.15, 0.2) is 6.61 Å². The highest BCUT2D eigenvalue weighted by molar-refractivity contribution is 8.15. The molecule has 10 heteroatoms. The number of fused-ring (bicyclic) bond motifs is 1. The van der Waals surface area contributed by atoms with Crippen molar-refractivity contribution in [2.45, 2.75) is 18.2 Å². The van der Waals surface area contributed by atoms with Crippen LogP contribution < -0.4 is 14.4 Å². The van der Waals surface area contributed by atoms with E-state index in [0.717, 1.165) is 5.57 Å². The van der Waals surface area contributed by atoms with E-state index in [1.165, 1.54) is 28.8 Å². The summed E-state index contributed by atoms with van der Waals surface area (Å²) in [5.41, 5.74) is 3.60. The van der Waals surface area contributed by atoms with Crippen LogP contribution in [0.15, 0.2) is 63.0 Å². The molecule has 0 atom stereocenters. The first-order valence-electron chi connectivity index (χ1n) is 9.14. The second kappa shape index (κ2) is 8.33. The summed E-state index contributed by atoms with van der Waals surface area (Å²) < 4.78 is 34.1. The van der Waals surface area contributed by atoms with Crippen LogP contribution in [0.1, 0.15) is 13.3 Å². The number of rotatable bonds is 5. The van der Waals surface area contributed by atoms with E-state index in [2.05, 4.69) is 9.71 Å². The average molecular weight is 464 g/mol. The standard InChI is InChI=1S/C20H18ClN3O4S2/c1-2-13-10-22-12-29-20(13)23-30(26,27)16-6-7-17-18(9-16)28-11-19(25)24(17)15-5-3-4-14(21)8-15/h3-9,12,23H,2,10-11H2,1H3. The highest BCUT2D eigenvalue weighted by Crippen LogP contribution is 2.39. The van der Waals surface area contributed by atoms with E-state index in [1.54, 1.807) is 35.9 Å². The fourth-order valence-electron chi connectivity index (χ4n) is 3.14. The van der Waals surface area contributed by atoms with Crippen LogP contribution in [0.5, 0.6) is 5.75 Å². The van der Waals surface area contributed by atoms with Gasteiger partial charge >= 0.3 is 0 Å². The van der Waals surface area contributed by atoms with E-state index in [9.17, 15) is 13.2 Å². The molecule has 0 fully saturated rings. The molecule has 0 aromatic heterocycles. The number of nitrogens with zero attached hydrogens (tertiary/aromatic N) is 2. The maximum Gasteiger partial charge on any atom is 0.269 e. The Balaban J connectivity index is 1.68. The van der Waals surface area contributed by atoms with E-state index >= 15 is 0 Å². The third kappa shape index (κ3) is 4.05. The minimum absolute atomic E-state index is 0.0488. The number of thioether (sulfide) groups is 1. The van der Waals surface area contributed by atoms with Crippen molar-refractivity contribution in [1.29, 1.82) is 0 Å². The number of hydrogen-bond donors (Lipinski definition) is 1. The molecular formula is C20H18ClN3O4S2. The van der Waals surface area contributed by atoms with Crippen molar-refractivity contribution in [1.82, 2.24) is 4.72 Å². The second-order valence-corrected chi connectivity index (χ2v) is 9.56. The zero-order valence-corrected chi connectivity index (χ0v) is 18.4. The van der Waals surface area contributed by atoms with E-state index in [0.29, 0.717) is 40.1 Å². The van der Waals surface area contributed by atoms with Crippen LogP contribution in [0.4, 0.5) is 11.4 Å². The molecule has 4 rings (SSSR count). The van der Waals surface area contributed by atoms with Crippen molar-refractivity contribution in [3.8, 4) is 5.75 Å². The predicted molar refractivity (Wildman–Crippen MR) is 119 cm³/mol. The molecule has 2 aromatic rings. The summed E-state index contributed by atoms with van der Waals surface area (Å²) in [5.74, 6) is 0.0362. The van der Waals surface area contributed by atoms with Gasteiger partial charge in [-0.2, -0.15) is 0 Å². The first kappa shape index (κ1) is 20.8. The van der Waals surface area contributed by atoms with Crippen LogP contribution in [0, 0.1) is 0 Å². The third-order valence-corrected chi connectivity index (χ3v) is 7.24. The lowest BCUT2D eigenvalue weighted by molar-refractivity contribution is -0.120. The Labute approximate surface area is 183 Å². The van der Waals surface area contributed by atoms with Crippen molar-refractivity contribution in [3.05, 3.63) is 58.1 Å². The molecule has 0 aliphatic carbocycles. The van der Waals surface area contributed by atoms with E-state index in [4.69, 9.17) is 16.3 Å². The number of carbonyl (C=O) groups excluding carboxylic acids is 1. The summed E-state index contributed by atoms with van der Waals surface area (Å²) in [4.78, 5) is 18.2. The number of ether oxygens (including phenoxy) is 1. The van der Waals surface area contributed by atoms with Gasteiger partial charge in [-0.25, -0.2) is 8.42 Å². The number of nitrogens with one attached hydrogen (secondary N) is 1. The minimum atomic E-state index is -3.83.